The van der Waals surface area contributed by atoms with E-state index < -0.39 is 0 Å². The van der Waals surface area contributed by atoms with Gasteiger partial charge in [-0.15, -0.1) is 0 Å². The molecule has 1 heterocycles. The summed E-state index contributed by atoms with van der Waals surface area (Å²) in [6.45, 7) is 14.1. The van der Waals surface area contributed by atoms with Gasteiger partial charge in [0, 0.05) is 19.7 Å². The van der Waals surface area contributed by atoms with E-state index in [1.807, 2.05) is 0 Å². The minimum absolute atomic E-state index is 0.534. The van der Waals surface area contributed by atoms with E-state index in [1.54, 1.807) is 0 Å². The lowest BCUT2D eigenvalue weighted by molar-refractivity contribution is 0.00489. The molecule has 0 aliphatic carbocycles. The third kappa shape index (κ3) is 10.7. The number of unbranched alkanes of at least 4 members (excludes halogenated alkanes) is 2. The number of ether oxygens (including phenoxy) is 1. The minimum Gasteiger partial charge on any atom is -0.378 e. The van der Waals surface area contributed by atoms with Gasteiger partial charge < -0.3 is 9.64 Å². The van der Waals surface area contributed by atoms with E-state index >= 15 is 0 Å². The maximum absolute atomic E-state index is 6.06. The van der Waals surface area contributed by atoms with Gasteiger partial charge >= 0.3 is 0 Å². The van der Waals surface area contributed by atoms with Gasteiger partial charge in [0.05, 0.1) is 6.10 Å². The number of likely N-dealkylation sites (tertiary alicyclic amines) is 1. The Morgan fingerprint density at radius 1 is 0.917 bits per heavy atom. The molecule has 0 aromatic heterocycles. The van der Waals surface area contributed by atoms with Crippen molar-refractivity contribution in [2.24, 2.45) is 11.8 Å². The summed E-state index contributed by atoms with van der Waals surface area (Å²) >= 11 is 0. The van der Waals surface area contributed by atoms with Gasteiger partial charge in [-0.2, -0.15) is 0 Å². The van der Waals surface area contributed by atoms with Crippen molar-refractivity contribution in [2.45, 2.75) is 104 Å². The summed E-state index contributed by atoms with van der Waals surface area (Å²) in [4.78, 5) is 2.67. The zero-order valence-corrected chi connectivity index (χ0v) is 17.2. The summed E-state index contributed by atoms with van der Waals surface area (Å²) < 4.78 is 6.06. The number of rotatable bonds is 14. The molecular weight excluding hydrogens is 294 g/mol. The van der Waals surface area contributed by atoms with Crippen molar-refractivity contribution >= 4 is 0 Å². The summed E-state index contributed by atoms with van der Waals surface area (Å²) in [5, 5.41) is 0. The van der Waals surface area contributed by atoms with Crippen LogP contribution in [0.4, 0.5) is 0 Å². The number of hydrogen-bond acceptors (Lipinski definition) is 2. The molecule has 0 radical (unpaired) electrons. The summed E-state index contributed by atoms with van der Waals surface area (Å²) in [6.07, 6.45) is 15.4. The van der Waals surface area contributed by atoms with Crippen molar-refractivity contribution in [3.05, 3.63) is 0 Å². The van der Waals surface area contributed by atoms with Gasteiger partial charge in [-0.25, -0.2) is 0 Å². The Balaban J connectivity index is 1.99. The lowest BCUT2D eigenvalue weighted by atomic mass is 9.93. The highest BCUT2D eigenvalue weighted by Crippen LogP contribution is 2.20. The van der Waals surface area contributed by atoms with Crippen LogP contribution in [0.3, 0.4) is 0 Å². The van der Waals surface area contributed by atoms with Gasteiger partial charge in [0.25, 0.3) is 0 Å². The fraction of sp³-hybridized carbons (Fsp3) is 1.00. The molecule has 1 saturated heterocycles. The Morgan fingerprint density at radius 2 is 1.62 bits per heavy atom. The first-order chi connectivity index (χ1) is 11.7. The van der Waals surface area contributed by atoms with E-state index in [2.05, 4.69) is 32.6 Å². The lowest BCUT2D eigenvalue weighted by Crippen LogP contribution is -2.37. The van der Waals surface area contributed by atoms with Crippen LogP contribution in [0.1, 0.15) is 98.3 Å². The molecule has 24 heavy (non-hydrogen) atoms. The number of piperidine rings is 1. The highest BCUT2D eigenvalue weighted by Gasteiger charge is 2.19. The molecule has 0 N–H and O–H groups in total. The van der Waals surface area contributed by atoms with Crippen molar-refractivity contribution in [2.75, 3.05) is 26.2 Å². The molecule has 1 atom stereocenters. The minimum atomic E-state index is 0.534. The highest BCUT2D eigenvalue weighted by atomic mass is 16.5. The Morgan fingerprint density at radius 3 is 2.25 bits per heavy atom. The molecular formula is C22H45NO. The fourth-order valence-corrected chi connectivity index (χ4v) is 3.85. The van der Waals surface area contributed by atoms with Crippen LogP contribution in [0.5, 0.6) is 0 Å². The van der Waals surface area contributed by atoms with Gasteiger partial charge in [0.15, 0.2) is 0 Å². The van der Waals surface area contributed by atoms with Crippen LogP contribution in [0.2, 0.25) is 0 Å². The molecule has 0 spiro atoms. The van der Waals surface area contributed by atoms with Crippen molar-refractivity contribution < 1.29 is 4.74 Å². The highest BCUT2D eigenvalue weighted by molar-refractivity contribution is 4.72. The molecule has 1 unspecified atom stereocenters. The van der Waals surface area contributed by atoms with E-state index in [0.29, 0.717) is 6.10 Å². The molecule has 2 heteroatoms. The second kappa shape index (κ2) is 14.1. The van der Waals surface area contributed by atoms with Gasteiger partial charge in [-0.05, 0) is 50.5 Å². The van der Waals surface area contributed by atoms with Gasteiger partial charge in [0.1, 0.15) is 0 Å². The average molecular weight is 340 g/mol. The first-order valence-corrected chi connectivity index (χ1v) is 11.0. The van der Waals surface area contributed by atoms with Gasteiger partial charge in [-0.1, -0.05) is 66.2 Å². The van der Waals surface area contributed by atoms with Crippen molar-refractivity contribution in [1.29, 1.82) is 0 Å². The van der Waals surface area contributed by atoms with Crippen LogP contribution in [0.25, 0.3) is 0 Å². The normalized spacial score (nSPS) is 18.4. The van der Waals surface area contributed by atoms with E-state index in [1.165, 1.54) is 90.3 Å². The summed E-state index contributed by atoms with van der Waals surface area (Å²) in [5.41, 5.74) is 0. The van der Waals surface area contributed by atoms with Crippen molar-refractivity contribution in [3.8, 4) is 0 Å². The Bertz CT molecular complexity index is 271. The molecule has 1 rings (SSSR count). The lowest BCUT2D eigenvalue weighted by Gasteiger charge is -2.32. The van der Waals surface area contributed by atoms with E-state index in [-0.39, 0.29) is 0 Å². The standard InChI is InChI=1S/C22H45NO/c1-5-7-12-21(6-2)13-8-9-16-23-17-14-22(15-18-23)24-19-10-11-20(3)4/h20-22H,5-19H2,1-4H3. The van der Waals surface area contributed by atoms with E-state index in [0.717, 1.165) is 18.4 Å². The third-order valence-corrected chi connectivity index (χ3v) is 5.69. The second-order valence-corrected chi connectivity index (χ2v) is 8.36. The van der Waals surface area contributed by atoms with E-state index in [9.17, 15) is 0 Å². The van der Waals surface area contributed by atoms with Crippen LogP contribution in [0, 0.1) is 11.8 Å². The Kier molecular flexibility index (Phi) is 12.9. The monoisotopic (exact) mass is 339 g/mol. The summed E-state index contributed by atoms with van der Waals surface area (Å²) in [6, 6.07) is 0. The predicted octanol–water partition coefficient (Wildman–Crippen LogP) is 6.29. The Hall–Kier alpha value is -0.0800. The summed E-state index contributed by atoms with van der Waals surface area (Å²) in [7, 11) is 0. The molecule has 1 aliphatic rings. The molecule has 2 nitrogen and oxygen atoms in total. The number of nitrogens with zero attached hydrogens (tertiary/aromatic N) is 1. The van der Waals surface area contributed by atoms with Crippen LogP contribution >= 0.6 is 0 Å². The van der Waals surface area contributed by atoms with Crippen LogP contribution in [0.15, 0.2) is 0 Å². The second-order valence-electron chi connectivity index (χ2n) is 8.36. The zero-order valence-electron chi connectivity index (χ0n) is 17.2. The molecule has 0 aromatic carbocycles. The maximum Gasteiger partial charge on any atom is 0.0599 e. The largest absolute Gasteiger partial charge is 0.378 e. The smallest absolute Gasteiger partial charge is 0.0599 e. The molecule has 1 aliphatic heterocycles. The maximum atomic E-state index is 6.06. The fourth-order valence-electron chi connectivity index (χ4n) is 3.85. The van der Waals surface area contributed by atoms with E-state index in [4.69, 9.17) is 4.74 Å². The molecule has 0 bridgehead atoms. The average Bonchev–Trinajstić information content (AvgIpc) is 2.59. The topological polar surface area (TPSA) is 12.5 Å². The molecule has 0 amide bonds. The van der Waals surface area contributed by atoms with Crippen LogP contribution in [-0.4, -0.2) is 37.2 Å². The van der Waals surface area contributed by atoms with Crippen molar-refractivity contribution in [1.82, 2.24) is 4.90 Å². The predicted molar refractivity (Wildman–Crippen MR) is 107 cm³/mol. The number of hydrogen-bond donors (Lipinski definition) is 0. The van der Waals surface area contributed by atoms with Crippen LogP contribution < -0.4 is 0 Å². The Labute approximate surface area is 152 Å². The molecule has 0 aromatic rings. The van der Waals surface area contributed by atoms with Gasteiger partial charge in [0.2, 0.25) is 0 Å². The molecule has 0 saturated carbocycles. The first-order valence-electron chi connectivity index (χ1n) is 11.0. The molecule has 1 fully saturated rings. The summed E-state index contributed by atoms with van der Waals surface area (Å²) in [5.74, 6) is 1.79. The third-order valence-electron chi connectivity index (χ3n) is 5.69. The SMILES string of the molecule is CCCCC(CC)CCCCN1CCC(OCCCC(C)C)CC1. The van der Waals surface area contributed by atoms with Gasteiger partial charge in [-0.3, -0.25) is 0 Å². The zero-order chi connectivity index (χ0) is 17.6. The molecule has 144 valence electrons. The quantitative estimate of drug-likeness (QED) is 0.345. The van der Waals surface area contributed by atoms with Crippen molar-refractivity contribution in [3.63, 3.8) is 0 Å². The van der Waals surface area contributed by atoms with Crippen LogP contribution in [-0.2, 0) is 4.74 Å². The first kappa shape index (κ1) is 22.0.